The Morgan fingerprint density at radius 2 is 1.00 bits per heavy atom. The van der Waals surface area contributed by atoms with Crippen LogP contribution in [0.5, 0.6) is 0 Å². The Labute approximate surface area is 327 Å². The molecule has 4 heteroatoms. The number of hydrogen-bond acceptors (Lipinski definition) is 1. The fourth-order valence-electron chi connectivity index (χ4n) is 10.2. The summed E-state index contributed by atoms with van der Waals surface area (Å²) in [5.41, 5.74) is 14.7. The van der Waals surface area contributed by atoms with E-state index in [2.05, 4.69) is 196 Å². The zero-order valence-electron chi connectivity index (χ0n) is 30.8. The van der Waals surface area contributed by atoms with Crippen LogP contribution >= 0.6 is 0 Å². The van der Waals surface area contributed by atoms with Gasteiger partial charge in [-0.1, -0.05) is 133 Å². The molecule has 1 atom stereocenters. The highest BCUT2D eigenvalue weighted by Gasteiger charge is 2.29. The lowest BCUT2D eigenvalue weighted by atomic mass is 9.89. The molecule has 0 saturated carbocycles. The van der Waals surface area contributed by atoms with Gasteiger partial charge in [0.25, 0.3) is 0 Å². The first kappa shape index (κ1) is 30.9. The third-order valence-electron chi connectivity index (χ3n) is 12.5. The van der Waals surface area contributed by atoms with Gasteiger partial charge in [-0.05, 0) is 76.7 Å². The molecule has 4 nitrogen and oxygen atoms in total. The van der Waals surface area contributed by atoms with Crippen LogP contribution in [0.1, 0.15) is 11.8 Å². The van der Waals surface area contributed by atoms with Gasteiger partial charge in [0.15, 0.2) is 6.23 Å². The van der Waals surface area contributed by atoms with Crippen LogP contribution in [0.3, 0.4) is 0 Å². The van der Waals surface area contributed by atoms with Gasteiger partial charge in [0, 0.05) is 54.5 Å². The quantitative estimate of drug-likeness (QED) is 0.193. The summed E-state index contributed by atoms with van der Waals surface area (Å²) in [5.74, 6) is 0. The minimum Gasteiger partial charge on any atom is -0.369 e. The molecule has 0 aliphatic carbocycles. The number of benzene rings is 9. The summed E-state index contributed by atoms with van der Waals surface area (Å²) in [6, 6.07) is 68.0. The van der Waals surface area contributed by atoms with E-state index in [-0.39, 0.29) is 0 Å². The van der Waals surface area contributed by atoms with Crippen molar-refractivity contribution in [2.75, 3.05) is 0 Å². The predicted molar refractivity (Wildman–Crippen MR) is 237 cm³/mol. The first-order chi connectivity index (χ1) is 28.2. The van der Waals surface area contributed by atoms with Crippen molar-refractivity contribution >= 4 is 76.2 Å². The molecule has 266 valence electrons. The Kier molecular flexibility index (Phi) is 6.13. The molecule has 1 N–H and O–H groups in total. The first-order valence-corrected chi connectivity index (χ1v) is 19.6. The molecule has 13 rings (SSSR count). The zero-order valence-corrected chi connectivity index (χ0v) is 30.8. The van der Waals surface area contributed by atoms with Gasteiger partial charge in [-0.3, -0.25) is 0 Å². The van der Waals surface area contributed by atoms with Gasteiger partial charge < -0.3 is 18.8 Å². The Hall–Kier alpha value is -7.40. The van der Waals surface area contributed by atoms with E-state index in [9.17, 15) is 5.11 Å². The SMILES string of the molecule is OC1c2ccccc2-c2cc(-c3ccc(-n4c5ccccc5c5ccc6c(c7ccccc7n6-c6ccccc6)c54)c4ccccc34)cc3c4ccccc4n1c23. The summed E-state index contributed by atoms with van der Waals surface area (Å²) in [5, 5.41) is 21.4. The minimum atomic E-state index is -0.749. The van der Waals surface area contributed by atoms with Crippen molar-refractivity contribution in [2.24, 2.45) is 0 Å². The third kappa shape index (κ3) is 4.04. The molecule has 57 heavy (non-hydrogen) atoms. The predicted octanol–water partition coefficient (Wildman–Crippen LogP) is 13.3. The molecule has 0 radical (unpaired) electrons. The van der Waals surface area contributed by atoms with Gasteiger partial charge in [-0.15, -0.1) is 0 Å². The van der Waals surface area contributed by atoms with Crippen molar-refractivity contribution in [3.63, 3.8) is 0 Å². The van der Waals surface area contributed by atoms with E-state index in [4.69, 9.17) is 0 Å². The van der Waals surface area contributed by atoms with Crippen LogP contribution in [0.15, 0.2) is 188 Å². The number of aliphatic hydroxyl groups is 1. The maximum absolute atomic E-state index is 11.8. The van der Waals surface area contributed by atoms with E-state index in [0.717, 1.165) is 55.4 Å². The molecule has 0 saturated heterocycles. The van der Waals surface area contributed by atoms with Gasteiger partial charge in [-0.2, -0.15) is 0 Å². The van der Waals surface area contributed by atoms with E-state index < -0.39 is 6.23 Å². The second kappa shape index (κ2) is 11.3. The van der Waals surface area contributed by atoms with Crippen molar-refractivity contribution in [1.82, 2.24) is 13.7 Å². The van der Waals surface area contributed by atoms with E-state index in [0.29, 0.717) is 0 Å². The van der Waals surface area contributed by atoms with Crippen molar-refractivity contribution < 1.29 is 5.11 Å². The minimum absolute atomic E-state index is 0.749. The molecule has 1 unspecified atom stereocenters. The summed E-state index contributed by atoms with van der Waals surface area (Å²) in [6.07, 6.45) is -0.749. The Morgan fingerprint density at radius 3 is 1.81 bits per heavy atom. The lowest BCUT2D eigenvalue weighted by Gasteiger charge is -2.26. The number of rotatable bonds is 3. The number of aromatic nitrogens is 3. The fourth-order valence-corrected chi connectivity index (χ4v) is 10.2. The Bertz CT molecular complexity index is 3660. The van der Waals surface area contributed by atoms with Crippen molar-refractivity contribution in [1.29, 1.82) is 0 Å². The average Bonchev–Trinajstić information content (AvgIpc) is 3.91. The summed E-state index contributed by atoms with van der Waals surface area (Å²) >= 11 is 0. The van der Waals surface area contributed by atoms with Crippen LogP contribution in [-0.2, 0) is 0 Å². The molecule has 0 amide bonds. The van der Waals surface area contributed by atoms with Crippen LogP contribution in [0.2, 0.25) is 0 Å². The van der Waals surface area contributed by atoms with E-state index in [1.54, 1.807) is 0 Å². The summed E-state index contributed by atoms with van der Waals surface area (Å²) < 4.78 is 7.04. The maximum Gasteiger partial charge on any atom is 0.158 e. The zero-order chi connectivity index (χ0) is 37.4. The molecule has 0 spiro atoms. The molecular formula is C53H33N3O. The van der Waals surface area contributed by atoms with Crippen LogP contribution in [0, 0.1) is 0 Å². The summed E-state index contributed by atoms with van der Waals surface area (Å²) in [7, 11) is 0. The number of nitrogens with zero attached hydrogens (tertiary/aromatic N) is 3. The van der Waals surface area contributed by atoms with Crippen LogP contribution in [-0.4, -0.2) is 18.8 Å². The molecule has 1 aliphatic heterocycles. The average molecular weight is 728 g/mol. The monoisotopic (exact) mass is 727 g/mol. The molecule has 0 fully saturated rings. The summed E-state index contributed by atoms with van der Waals surface area (Å²) in [4.78, 5) is 0. The maximum atomic E-state index is 11.8. The van der Waals surface area contributed by atoms with E-state index >= 15 is 0 Å². The fraction of sp³-hybridized carbons (Fsp3) is 0.0189. The van der Waals surface area contributed by atoms with Gasteiger partial charge in [0.05, 0.1) is 38.8 Å². The molecular weight excluding hydrogens is 695 g/mol. The molecule has 9 aromatic carbocycles. The highest BCUT2D eigenvalue weighted by Crippen LogP contribution is 2.49. The molecule has 4 heterocycles. The van der Waals surface area contributed by atoms with Crippen LogP contribution in [0.25, 0.3) is 110 Å². The van der Waals surface area contributed by atoms with Crippen LogP contribution < -0.4 is 0 Å². The lowest BCUT2D eigenvalue weighted by molar-refractivity contribution is 0.155. The molecule has 1 aliphatic rings. The van der Waals surface area contributed by atoms with Gasteiger partial charge >= 0.3 is 0 Å². The lowest BCUT2D eigenvalue weighted by Crippen LogP contribution is -2.15. The number of aliphatic hydroxyl groups excluding tert-OH is 1. The Morgan fingerprint density at radius 1 is 0.368 bits per heavy atom. The van der Waals surface area contributed by atoms with E-state index in [1.165, 1.54) is 59.9 Å². The number of hydrogen-bond donors (Lipinski definition) is 1. The number of para-hydroxylation sites is 4. The highest BCUT2D eigenvalue weighted by atomic mass is 16.3. The normalized spacial score (nSPS) is 13.9. The second-order valence-corrected chi connectivity index (χ2v) is 15.3. The van der Waals surface area contributed by atoms with Crippen LogP contribution in [0.4, 0.5) is 0 Å². The number of fused-ring (bicyclic) bond motifs is 13. The first-order valence-electron chi connectivity index (χ1n) is 19.6. The molecule has 3 aromatic heterocycles. The van der Waals surface area contributed by atoms with Crippen molar-refractivity contribution in [3.05, 3.63) is 194 Å². The van der Waals surface area contributed by atoms with Crippen molar-refractivity contribution in [2.45, 2.75) is 6.23 Å². The largest absolute Gasteiger partial charge is 0.369 e. The Balaban J connectivity index is 1.13. The standard InChI is InChI=1S/C53H33N3O/c57-53-41-21-7-5-17-36(41)43-30-32(31-44-39-20-9-12-24-46(39)56(53)51(43)44)34-26-28-48(37-18-6-4-16-35(34)37)55-45-23-11-8-19-38(45)40-27-29-49-50(52(40)55)42-22-10-13-25-47(42)54(49)33-14-2-1-3-15-33/h1-31,53,57H. The molecule has 12 aromatic rings. The topological polar surface area (TPSA) is 35.0 Å². The third-order valence-corrected chi connectivity index (χ3v) is 12.5. The van der Waals surface area contributed by atoms with Gasteiger partial charge in [0.2, 0.25) is 0 Å². The van der Waals surface area contributed by atoms with Gasteiger partial charge in [0.1, 0.15) is 0 Å². The van der Waals surface area contributed by atoms with E-state index in [1.807, 2.05) is 6.07 Å². The second-order valence-electron chi connectivity index (χ2n) is 15.3. The summed E-state index contributed by atoms with van der Waals surface area (Å²) in [6.45, 7) is 0. The smallest absolute Gasteiger partial charge is 0.158 e. The van der Waals surface area contributed by atoms with Gasteiger partial charge in [-0.25, -0.2) is 0 Å². The highest BCUT2D eigenvalue weighted by molar-refractivity contribution is 6.27. The molecule has 0 bridgehead atoms. The van der Waals surface area contributed by atoms with Crippen molar-refractivity contribution in [3.8, 4) is 33.6 Å².